The van der Waals surface area contributed by atoms with E-state index in [-0.39, 0.29) is 22.0 Å². The fourth-order valence-electron chi connectivity index (χ4n) is 1.53. The van der Waals surface area contributed by atoms with Crippen molar-refractivity contribution in [3.8, 4) is 0 Å². The number of nitro benzene ring substituents is 1. The molecule has 0 fully saturated rings. The Balaban J connectivity index is 2.21. The van der Waals surface area contributed by atoms with E-state index in [1.165, 1.54) is 24.3 Å². The van der Waals surface area contributed by atoms with Crippen molar-refractivity contribution in [1.29, 1.82) is 0 Å². The van der Waals surface area contributed by atoms with E-state index >= 15 is 0 Å². The Labute approximate surface area is 118 Å². The van der Waals surface area contributed by atoms with E-state index in [0.29, 0.717) is 0 Å². The van der Waals surface area contributed by atoms with Crippen molar-refractivity contribution in [2.24, 2.45) is 0 Å². The van der Waals surface area contributed by atoms with Gasteiger partial charge in [0.1, 0.15) is 10.8 Å². The molecule has 102 valence electrons. The standard InChI is InChI=1S/C13H8ClFN2O3/c14-11-6-5-10(7-12(11)17(19)20)16-13(18)8-1-3-9(15)4-2-8/h1-7H,(H,16,18). The van der Waals surface area contributed by atoms with Gasteiger partial charge < -0.3 is 5.32 Å². The van der Waals surface area contributed by atoms with Crippen LogP contribution in [0.15, 0.2) is 42.5 Å². The van der Waals surface area contributed by atoms with Crippen LogP contribution in [0.4, 0.5) is 15.8 Å². The maximum atomic E-state index is 12.7. The Morgan fingerprint density at radius 2 is 1.85 bits per heavy atom. The summed E-state index contributed by atoms with van der Waals surface area (Å²) < 4.78 is 12.7. The minimum absolute atomic E-state index is 0.0187. The molecule has 1 amide bonds. The smallest absolute Gasteiger partial charge is 0.289 e. The number of anilines is 1. The van der Waals surface area contributed by atoms with E-state index in [9.17, 15) is 19.3 Å². The number of carbonyl (C=O) groups is 1. The molecule has 0 aromatic heterocycles. The highest BCUT2D eigenvalue weighted by Gasteiger charge is 2.14. The van der Waals surface area contributed by atoms with Gasteiger partial charge in [-0.1, -0.05) is 11.6 Å². The molecule has 5 nitrogen and oxygen atoms in total. The second-order valence-electron chi connectivity index (χ2n) is 3.88. The molecule has 7 heteroatoms. The Bertz CT molecular complexity index is 674. The van der Waals surface area contributed by atoms with Crippen LogP contribution in [-0.2, 0) is 0 Å². The first-order valence-corrected chi connectivity index (χ1v) is 5.86. The molecule has 0 spiro atoms. The third-order valence-electron chi connectivity index (χ3n) is 2.51. The third kappa shape index (κ3) is 3.10. The van der Waals surface area contributed by atoms with Crippen molar-refractivity contribution in [3.05, 3.63) is 69.0 Å². The minimum Gasteiger partial charge on any atom is -0.322 e. The van der Waals surface area contributed by atoms with E-state index in [4.69, 9.17) is 11.6 Å². The van der Waals surface area contributed by atoms with Crippen molar-refractivity contribution < 1.29 is 14.1 Å². The largest absolute Gasteiger partial charge is 0.322 e. The van der Waals surface area contributed by atoms with E-state index in [2.05, 4.69) is 5.32 Å². The van der Waals surface area contributed by atoms with Gasteiger partial charge in [-0.3, -0.25) is 14.9 Å². The molecule has 0 atom stereocenters. The number of carbonyl (C=O) groups excluding carboxylic acids is 1. The van der Waals surface area contributed by atoms with Gasteiger partial charge in [0.15, 0.2) is 0 Å². The van der Waals surface area contributed by atoms with Crippen LogP contribution in [0.2, 0.25) is 5.02 Å². The summed E-state index contributed by atoms with van der Waals surface area (Å²) in [5, 5.41) is 13.2. The van der Waals surface area contributed by atoms with Gasteiger partial charge in [-0.05, 0) is 36.4 Å². The minimum atomic E-state index is -0.643. The van der Waals surface area contributed by atoms with Crippen LogP contribution in [-0.4, -0.2) is 10.8 Å². The van der Waals surface area contributed by atoms with E-state index < -0.39 is 16.6 Å². The lowest BCUT2D eigenvalue weighted by molar-refractivity contribution is -0.384. The molecular formula is C13H8ClFN2O3. The molecule has 0 saturated heterocycles. The molecule has 2 aromatic carbocycles. The fraction of sp³-hybridized carbons (Fsp3) is 0. The Morgan fingerprint density at radius 1 is 1.20 bits per heavy atom. The quantitative estimate of drug-likeness (QED) is 0.694. The molecule has 0 saturated carbocycles. The summed E-state index contributed by atoms with van der Waals surface area (Å²) in [6, 6.07) is 8.85. The molecule has 2 rings (SSSR count). The number of nitrogens with one attached hydrogen (secondary N) is 1. The number of amides is 1. The number of hydrogen-bond donors (Lipinski definition) is 1. The number of rotatable bonds is 3. The fourth-order valence-corrected chi connectivity index (χ4v) is 1.72. The summed E-state index contributed by atoms with van der Waals surface area (Å²) in [7, 11) is 0. The zero-order chi connectivity index (χ0) is 14.7. The number of hydrogen-bond acceptors (Lipinski definition) is 3. The highest BCUT2D eigenvalue weighted by atomic mass is 35.5. The first kappa shape index (κ1) is 14.0. The van der Waals surface area contributed by atoms with Crippen LogP contribution in [0.5, 0.6) is 0 Å². The van der Waals surface area contributed by atoms with Crippen LogP contribution in [0.25, 0.3) is 0 Å². The molecule has 0 unspecified atom stereocenters. The topological polar surface area (TPSA) is 72.2 Å². The second kappa shape index (κ2) is 5.66. The number of benzene rings is 2. The lowest BCUT2D eigenvalue weighted by Gasteiger charge is -2.05. The van der Waals surface area contributed by atoms with Gasteiger partial charge >= 0.3 is 0 Å². The number of nitrogens with zero attached hydrogens (tertiary/aromatic N) is 1. The molecule has 2 aromatic rings. The van der Waals surface area contributed by atoms with Gasteiger partial charge in [0.2, 0.25) is 0 Å². The van der Waals surface area contributed by atoms with Gasteiger partial charge in [0.25, 0.3) is 11.6 Å². The highest BCUT2D eigenvalue weighted by Crippen LogP contribution is 2.27. The van der Waals surface area contributed by atoms with Crippen LogP contribution in [0.3, 0.4) is 0 Å². The van der Waals surface area contributed by atoms with Crippen LogP contribution in [0.1, 0.15) is 10.4 Å². The Kier molecular flexibility index (Phi) is 3.95. The molecule has 20 heavy (non-hydrogen) atoms. The zero-order valence-electron chi connectivity index (χ0n) is 9.97. The predicted molar refractivity (Wildman–Crippen MR) is 72.5 cm³/mol. The van der Waals surface area contributed by atoms with Crippen LogP contribution < -0.4 is 5.32 Å². The van der Waals surface area contributed by atoms with E-state index in [1.54, 1.807) is 0 Å². The van der Waals surface area contributed by atoms with Gasteiger partial charge in [-0.2, -0.15) is 0 Å². The summed E-state index contributed by atoms with van der Waals surface area (Å²) in [6.07, 6.45) is 0. The summed E-state index contributed by atoms with van der Waals surface area (Å²) in [5.74, 6) is -0.953. The summed E-state index contributed by atoms with van der Waals surface area (Å²) in [5.41, 5.74) is 0.169. The van der Waals surface area contributed by atoms with E-state index in [1.807, 2.05) is 0 Å². The van der Waals surface area contributed by atoms with Crippen molar-refractivity contribution in [2.45, 2.75) is 0 Å². The number of nitro groups is 1. The van der Waals surface area contributed by atoms with E-state index in [0.717, 1.165) is 18.2 Å². The molecule has 0 radical (unpaired) electrons. The summed E-state index contributed by atoms with van der Waals surface area (Å²) >= 11 is 5.67. The van der Waals surface area contributed by atoms with Crippen molar-refractivity contribution >= 4 is 28.9 Å². The molecule has 1 N–H and O–H groups in total. The van der Waals surface area contributed by atoms with Gasteiger partial charge in [-0.25, -0.2) is 4.39 Å². The summed E-state index contributed by atoms with van der Waals surface area (Å²) in [6.45, 7) is 0. The monoisotopic (exact) mass is 294 g/mol. The lowest BCUT2D eigenvalue weighted by atomic mass is 10.2. The molecule has 0 bridgehead atoms. The van der Waals surface area contributed by atoms with Gasteiger partial charge in [0.05, 0.1) is 4.92 Å². The molecular weight excluding hydrogens is 287 g/mol. The maximum absolute atomic E-state index is 12.7. The van der Waals surface area contributed by atoms with Crippen molar-refractivity contribution in [3.63, 3.8) is 0 Å². The second-order valence-corrected chi connectivity index (χ2v) is 4.29. The maximum Gasteiger partial charge on any atom is 0.289 e. The Hall–Kier alpha value is -2.47. The first-order valence-electron chi connectivity index (χ1n) is 5.48. The van der Waals surface area contributed by atoms with Crippen molar-refractivity contribution in [1.82, 2.24) is 0 Å². The molecule has 0 heterocycles. The van der Waals surface area contributed by atoms with Gasteiger partial charge in [-0.15, -0.1) is 0 Å². The third-order valence-corrected chi connectivity index (χ3v) is 2.83. The van der Waals surface area contributed by atoms with Crippen LogP contribution in [0, 0.1) is 15.9 Å². The average Bonchev–Trinajstić information content (AvgIpc) is 2.41. The summed E-state index contributed by atoms with van der Waals surface area (Å²) in [4.78, 5) is 21.9. The van der Waals surface area contributed by atoms with Crippen molar-refractivity contribution in [2.75, 3.05) is 5.32 Å². The zero-order valence-corrected chi connectivity index (χ0v) is 10.7. The predicted octanol–water partition coefficient (Wildman–Crippen LogP) is 3.64. The lowest BCUT2D eigenvalue weighted by Crippen LogP contribution is -2.11. The molecule has 0 aliphatic heterocycles. The van der Waals surface area contributed by atoms with Crippen LogP contribution >= 0.6 is 11.6 Å². The number of halogens is 2. The molecule has 0 aliphatic carbocycles. The normalized spacial score (nSPS) is 10.1. The average molecular weight is 295 g/mol. The SMILES string of the molecule is O=C(Nc1ccc(Cl)c([N+](=O)[O-])c1)c1ccc(F)cc1. The first-order chi connectivity index (χ1) is 9.47. The van der Waals surface area contributed by atoms with Gasteiger partial charge in [0, 0.05) is 17.3 Å². The Morgan fingerprint density at radius 3 is 2.45 bits per heavy atom. The highest BCUT2D eigenvalue weighted by molar-refractivity contribution is 6.32. The molecule has 0 aliphatic rings.